The van der Waals surface area contributed by atoms with Gasteiger partial charge >= 0.3 is 0 Å². The normalized spacial score (nSPS) is 11.7. The lowest BCUT2D eigenvalue weighted by Gasteiger charge is -2.08. The maximum atomic E-state index is 5.93. The fourth-order valence-electron chi connectivity index (χ4n) is 2.58. The summed E-state index contributed by atoms with van der Waals surface area (Å²) in [5.41, 5.74) is 10.2. The molecule has 3 aromatic rings. The molecule has 0 saturated heterocycles. The summed E-state index contributed by atoms with van der Waals surface area (Å²) in [6.07, 6.45) is 1.70. The first-order valence-corrected chi connectivity index (χ1v) is 9.51. The quantitative estimate of drug-likeness (QED) is 0.377. The van der Waals surface area contributed by atoms with Gasteiger partial charge in [0, 0.05) is 11.3 Å². The highest BCUT2D eigenvalue weighted by atomic mass is 32.2. The van der Waals surface area contributed by atoms with E-state index in [1.54, 1.807) is 13.3 Å². The van der Waals surface area contributed by atoms with Crippen molar-refractivity contribution in [3.8, 4) is 16.9 Å². The summed E-state index contributed by atoms with van der Waals surface area (Å²) in [7, 11) is 1.68. The van der Waals surface area contributed by atoms with Gasteiger partial charge in [-0.05, 0) is 28.8 Å². The van der Waals surface area contributed by atoms with E-state index in [2.05, 4.69) is 22.3 Å². The van der Waals surface area contributed by atoms with Gasteiger partial charge in [-0.2, -0.15) is 5.10 Å². The highest BCUT2D eigenvalue weighted by molar-refractivity contribution is 8.13. The molecule has 0 aromatic heterocycles. The van der Waals surface area contributed by atoms with Gasteiger partial charge in [-0.25, -0.2) is 0 Å². The molecule has 136 valence electrons. The van der Waals surface area contributed by atoms with E-state index in [9.17, 15) is 0 Å². The maximum Gasteiger partial charge on any atom is 0.180 e. The van der Waals surface area contributed by atoms with Crippen LogP contribution in [-0.2, 0) is 5.75 Å². The van der Waals surface area contributed by atoms with E-state index in [-0.39, 0.29) is 0 Å². The summed E-state index contributed by atoms with van der Waals surface area (Å²) in [4.78, 5) is 0. The van der Waals surface area contributed by atoms with Crippen molar-refractivity contribution < 1.29 is 4.74 Å². The fraction of sp³-hybridized carbons (Fsp3) is 0.0909. The van der Waals surface area contributed by atoms with Crippen LogP contribution in [0.3, 0.4) is 0 Å². The number of benzene rings is 3. The van der Waals surface area contributed by atoms with Gasteiger partial charge in [0.25, 0.3) is 0 Å². The zero-order chi connectivity index (χ0) is 18.9. The van der Waals surface area contributed by atoms with Gasteiger partial charge in [-0.1, -0.05) is 78.5 Å². The summed E-state index contributed by atoms with van der Waals surface area (Å²) >= 11 is 1.47. The Bertz CT molecular complexity index is 939. The average Bonchev–Trinajstić information content (AvgIpc) is 2.73. The third-order valence-electron chi connectivity index (χ3n) is 3.90. The minimum absolute atomic E-state index is 0.441. The van der Waals surface area contributed by atoms with E-state index >= 15 is 0 Å². The van der Waals surface area contributed by atoms with Crippen molar-refractivity contribution in [3.63, 3.8) is 0 Å². The largest absolute Gasteiger partial charge is 0.496 e. The SMILES string of the molecule is COc1ccccc1-c1cccc(C=NN=C(N)SCc2ccccc2)c1. The van der Waals surface area contributed by atoms with Crippen LogP contribution in [0.1, 0.15) is 11.1 Å². The van der Waals surface area contributed by atoms with E-state index in [4.69, 9.17) is 10.5 Å². The van der Waals surface area contributed by atoms with E-state index in [0.717, 1.165) is 28.2 Å². The molecule has 0 bridgehead atoms. The van der Waals surface area contributed by atoms with Crippen LogP contribution in [0.4, 0.5) is 0 Å². The molecule has 0 aliphatic carbocycles. The Morgan fingerprint density at radius 2 is 1.78 bits per heavy atom. The predicted octanol–water partition coefficient (Wildman–Crippen LogP) is 4.94. The summed E-state index contributed by atoms with van der Waals surface area (Å²) in [5.74, 6) is 1.61. The number of nitrogens with two attached hydrogens (primary N) is 1. The first kappa shape index (κ1) is 18.7. The van der Waals surface area contributed by atoms with Crippen LogP contribution < -0.4 is 10.5 Å². The zero-order valence-electron chi connectivity index (χ0n) is 15.1. The second kappa shape index (κ2) is 9.59. The molecule has 0 spiro atoms. The predicted molar refractivity (Wildman–Crippen MR) is 115 cm³/mol. The van der Waals surface area contributed by atoms with Crippen LogP contribution in [0, 0.1) is 0 Å². The first-order chi connectivity index (χ1) is 13.3. The highest BCUT2D eigenvalue weighted by Crippen LogP contribution is 2.29. The molecule has 3 aromatic carbocycles. The molecule has 0 fully saturated rings. The van der Waals surface area contributed by atoms with Crippen LogP contribution in [0.25, 0.3) is 11.1 Å². The van der Waals surface area contributed by atoms with E-state index < -0.39 is 0 Å². The molecule has 0 atom stereocenters. The number of nitrogens with zero attached hydrogens (tertiary/aromatic N) is 2. The molecule has 0 heterocycles. The average molecular weight is 375 g/mol. The van der Waals surface area contributed by atoms with Crippen molar-refractivity contribution in [1.82, 2.24) is 0 Å². The third-order valence-corrected chi connectivity index (χ3v) is 4.75. The Labute approximate surface area is 163 Å². The number of para-hydroxylation sites is 1. The van der Waals surface area contributed by atoms with Gasteiger partial charge in [0.1, 0.15) is 5.75 Å². The standard InChI is InChI=1S/C22H21N3OS/c1-26-21-13-6-5-12-20(21)19-11-7-10-18(14-19)15-24-25-22(23)27-16-17-8-3-2-4-9-17/h2-15H,16H2,1H3,(H2,23,25). The van der Waals surface area contributed by atoms with Gasteiger partial charge < -0.3 is 10.5 Å². The van der Waals surface area contributed by atoms with Crippen LogP contribution in [0.2, 0.25) is 0 Å². The lowest BCUT2D eigenvalue weighted by Crippen LogP contribution is -2.05. The molecule has 0 unspecified atom stereocenters. The Balaban J connectivity index is 1.67. The minimum Gasteiger partial charge on any atom is -0.496 e. The fourth-order valence-corrected chi connectivity index (χ4v) is 3.19. The highest BCUT2D eigenvalue weighted by Gasteiger charge is 2.04. The molecule has 0 amide bonds. The van der Waals surface area contributed by atoms with Crippen molar-refractivity contribution >= 4 is 23.1 Å². The second-order valence-corrected chi connectivity index (χ2v) is 6.78. The van der Waals surface area contributed by atoms with Crippen LogP contribution in [-0.4, -0.2) is 18.5 Å². The van der Waals surface area contributed by atoms with Crippen LogP contribution in [0.15, 0.2) is 89.1 Å². The summed E-state index contributed by atoms with van der Waals surface area (Å²) in [5, 5.41) is 8.63. The summed E-state index contributed by atoms with van der Waals surface area (Å²) in [6.45, 7) is 0. The molecule has 3 rings (SSSR count). The Kier molecular flexibility index (Phi) is 6.66. The van der Waals surface area contributed by atoms with Crippen molar-refractivity contribution in [1.29, 1.82) is 0 Å². The number of thioether (sulfide) groups is 1. The van der Waals surface area contributed by atoms with Crippen molar-refractivity contribution in [2.75, 3.05) is 7.11 Å². The lowest BCUT2D eigenvalue weighted by atomic mass is 10.0. The molecule has 0 aliphatic heterocycles. The number of rotatable bonds is 6. The molecular weight excluding hydrogens is 354 g/mol. The first-order valence-electron chi connectivity index (χ1n) is 8.53. The molecular formula is C22H21N3OS. The number of hydrogen-bond donors (Lipinski definition) is 1. The van der Waals surface area contributed by atoms with Crippen molar-refractivity contribution in [2.45, 2.75) is 5.75 Å². The molecule has 0 saturated carbocycles. The topological polar surface area (TPSA) is 60.0 Å². The number of ether oxygens (including phenoxy) is 1. The van der Waals surface area contributed by atoms with Gasteiger partial charge in [0.15, 0.2) is 5.17 Å². The second-order valence-electron chi connectivity index (χ2n) is 5.78. The zero-order valence-corrected chi connectivity index (χ0v) is 15.9. The van der Waals surface area contributed by atoms with Gasteiger partial charge in [-0.15, -0.1) is 5.10 Å². The molecule has 5 heteroatoms. The van der Waals surface area contributed by atoms with Crippen molar-refractivity contribution in [3.05, 3.63) is 90.0 Å². The summed E-state index contributed by atoms with van der Waals surface area (Å²) in [6, 6.07) is 26.1. The Hall–Kier alpha value is -3.05. The number of methoxy groups -OCH3 is 1. The van der Waals surface area contributed by atoms with E-state index in [1.165, 1.54) is 17.3 Å². The van der Waals surface area contributed by atoms with Gasteiger partial charge in [0.2, 0.25) is 0 Å². The number of amidine groups is 1. The number of hydrogen-bond acceptors (Lipinski definition) is 4. The molecule has 0 radical (unpaired) electrons. The lowest BCUT2D eigenvalue weighted by molar-refractivity contribution is 0.416. The maximum absolute atomic E-state index is 5.93. The van der Waals surface area contributed by atoms with Crippen LogP contribution in [0.5, 0.6) is 5.75 Å². The summed E-state index contributed by atoms with van der Waals surface area (Å²) < 4.78 is 5.44. The van der Waals surface area contributed by atoms with Gasteiger partial charge in [0.05, 0.1) is 13.3 Å². The molecule has 4 nitrogen and oxygen atoms in total. The third kappa shape index (κ3) is 5.46. The van der Waals surface area contributed by atoms with Gasteiger partial charge in [-0.3, -0.25) is 0 Å². The Morgan fingerprint density at radius 1 is 1.00 bits per heavy atom. The van der Waals surface area contributed by atoms with E-state index in [1.807, 2.05) is 66.7 Å². The minimum atomic E-state index is 0.441. The smallest absolute Gasteiger partial charge is 0.180 e. The van der Waals surface area contributed by atoms with Crippen LogP contribution >= 0.6 is 11.8 Å². The van der Waals surface area contributed by atoms with Crippen molar-refractivity contribution in [2.24, 2.45) is 15.9 Å². The molecule has 2 N–H and O–H groups in total. The molecule has 0 aliphatic rings. The molecule has 27 heavy (non-hydrogen) atoms. The Morgan fingerprint density at radius 3 is 2.59 bits per heavy atom. The van der Waals surface area contributed by atoms with E-state index in [0.29, 0.717) is 5.17 Å². The monoisotopic (exact) mass is 375 g/mol.